The lowest BCUT2D eigenvalue weighted by Gasteiger charge is -2.47. The summed E-state index contributed by atoms with van der Waals surface area (Å²) in [5.74, 6) is -1.63. The summed E-state index contributed by atoms with van der Waals surface area (Å²) in [6, 6.07) is 0. The molecule has 3 nitrogen and oxygen atoms in total. The SMILES string of the molecule is CCC1(O)CN(C(=O)C2CCC(C(F)(F)F)CC2)C1. The van der Waals surface area contributed by atoms with E-state index >= 15 is 0 Å². The fourth-order valence-corrected chi connectivity index (χ4v) is 2.97. The summed E-state index contributed by atoms with van der Waals surface area (Å²) in [5, 5.41) is 9.84. The first-order valence-electron chi connectivity index (χ1n) is 6.83. The Morgan fingerprint density at radius 3 is 2.21 bits per heavy atom. The van der Waals surface area contributed by atoms with Crippen molar-refractivity contribution in [1.29, 1.82) is 0 Å². The van der Waals surface area contributed by atoms with Crippen LogP contribution in [0.5, 0.6) is 0 Å². The molecule has 110 valence electrons. The molecule has 19 heavy (non-hydrogen) atoms. The van der Waals surface area contributed by atoms with Crippen LogP contribution in [0.3, 0.4) is 0 Å². The molecule has 2 fully saturated rings. The van der Waals surface area contributed by atoms with Crippen LogP contribution in [0.15, 0.2) is 0 Å². The zero-order valence-corrected chi connectivity index (χ0v) is 11.0. The van der Waals surface area contributed by atoms with Gasteiger partial charge in [0.25, 0.3) is 0 Å². The molecule has 0 radical (unpaired) electrons. The monoisotopic (exact) mass is 279 g/mol. The van der Waals surface area contributed by atoms with E-state index in [2.05, 4.69) is 0 Å². The molecule has 2 aliphatic rings. The normalized spacial score (nSPS) is 30.9. The second-order valence-electron chi connectivity index (χ2n) is 5.86. The number of β-amino-alcohol motifs (C(OH)–C–C–N with tert-alkyl or cyclic N) is 1. The molecular formula is C13H20F3NO2. The highest BCUT2D eigenvalue weighted by Crippen LogP contribution is 2.40. The number of carbonyl (C=O) groups excluding carboxylic acids is 1. The third-order valence-corrected chi connectivity index (χ3v) is 4.48. The molecule has 1 heterocycles. The lowest BCUT2D eigenvalue weighted by Crippen LogP contribution is -2.64. The van der Waals surface area contributed by atoms with Crippen LogP contribution in [0.1, 0.15) is 39.0 Å². The first kappa shape index (κ1) is 14.6. The largest absolute Gasteiger partial charge is 0.391 e. The molecular weight excluding hydrogens is 259 g/mol. The molecule has 1 amide bonds. The molecule has 1 N–H and O–H groups in total. The van der Waals surface area contributed by atoms with Crippen molar-refractivity contribution in [2.24, 2.45) is 11.8 Å². The summed E-state index contributed by atoms with van der Waals surface area (Å²) in [6.07, 6.45) is -2.82. The summed E-state index contributed by atoms with van der Waals surface area (Å²) in [7, 11) is 0. The van der Waals surface area contributed by atoms with Crippen molar-refractivity contribution in [2.75, 3.05) is 13.1 Å². The second kappa shape index (κ2) is 4.96. The number of alkyl halides is 3. The number of rotatable bonds is 2. The van der Waals surface area contributed by atoms with Gasteiger partial charge in [-0.3, -0.25) is 4.79 Å². The summed E-state index contributed by atoms with van der Waals surface area (Å²) in [6.45, 7) is 2.50. The van der Waals surface area contributed by atoms with Gasteiger partial charge in [-0.2, -0.15) is 13.2 Å². The van der Waals surface area contributed by atoms with Crippen molar-refractivity contribution in [1.82, 2.24) is 4.90 Å². The van der Waals surface area contributed by atoms with Crippen LogP contribution >= 0.6 is 0 Å². The highest BCUT2D eigenvalue weighted by molar-refractivity contribution is 5.80. The van der Waals surface area contributed by atoms with Crippen LogP contribution in [0.2, 0.25) is 0 Å². The average Bonchev–Trinajstić information content (AvgIpc) is 2.33. The Morgan fingerprint density at radius 1 is 1.26 bits per heavy atom. The standard InChI is InChI=1S/C13H20F3NO2/c1-2-12(19)7-17(8-12)11(18)9-3-5-10(6-4-9)13(14,15)16/h9-10,19H,2-8H2,1H3. The van der Waals surface area contributed by atoms with Gasteiger partial charge in [0.15, 0.2) is 0 Å². The van der Waals surface area contributed by atoms with Crippen molar-refractivity contribution in [3.63, 3.8) is 0 Å². The Balaban J connectivity index is 1.81. The molecule has 6 heteroatoms. The van der Waals surface area contributed by atoms with Gasteiger partial charge in [0.05, 0.1) is 24.6 Å². The van der Waals surface area contributed by atoms with Gasteiger partial charge < -0.3 is 10.0 Å². The van der Waals surface area contributed by atoms with Gasteiger partial charge in [0.1, 0.15) is 0 Å². The fourth-order valence-electron chi connectivity index (χ4n) is 2.97. The molecule has 0 bridgehead atoms. The Morgan fingerprint density at radius 2 is 1.79 bits per heavy atom. The number of aliphatic hydroxyl groups is 1. The quantitative estimate of drug-likeness (QED) is 0.843. The van der Waals surface area contributed by atoms with Crippen LogP contribution in [-0.2, 0) is 4.79 Å². The molecule has 0 aromatic carbocycles. The van der Waals surface area contributed by atoms with Crippen molar-refractivity contribution in [3.05, 3.63) is 0 Å². The Kier molecular flexibility index (Phi) is 3.82. The molecule has 1 saturated carbocycles. The lowest BCUT2D eigenvalue weighted by molar-refractivity contribution is -0.187. The molecule has 1 aliphatic heterocycles. The average molecular weight is 279 g/mol. The molecule has 0 atom stereocenters. The molecule has 0 spiro atoms. The maximum Gasteiger partial charge on any atom is 0.391 e. The molecule has 0 aromatic heterocycles. The minimum Gasteiger partial charge on any atom is -0.386 e. The van der Waals surface area contributed by atoms with E-state index in [4.69, 9.17) is 0 Å². The van der Waals surface area contributed by atoms with Gasteiger partial charge in [0, 0.05) is 5.92 Å². The van der Waals surface area contributed by atoms with Gasteiger partial charge in [-0.05, 0) is 32.1 Å². The predicted octanol–water partition coefficient (Wildman–Crippen LogP) is 2.34. The number of hydrogen-bond acceptors (Lipinski definition) is 2. The van der Waals surface area contributed by atoms with Gasteiger partial charge >= 0.3 is 6.18 Å². The highest BCUT2D eigenvalue weighted by atomic mass is 19.4. The molecule has 0 aromatic rings. The molecule has 1 aliphatic carbocycles. The lowest BCUT2D eigenvalue weighted by atomic mass is 9.79. The van der Waals surface area contributed by atoms with Crippen molar-refractivity contribution < 1.29 is 23.1 Å². The third kappa shape index (κ3) is 3.04. The maximum atomic E-state index is 12.5. The van der Waals surface area contributed by atoms with E-state index in [-0.39, 0.29) is 24.7 Å². The van der Waals surface area contributed by atoms with E-state index in [9.17, 15) is 23.1 Å². The van der Waals surface area contributed by atoms with E-state index in [0.717, 1.165) is 0 Å². The van der Waals surface area contributed by atoms with Gasteiger partial charge in [0.2, 0.25) is 5.91 Å². The van der Waals surface area contributed by atoms with Crippen molar-refractivity contribution in [2.45, 2.75) is 50.8 Å². The van der Waals surface area contributed by atoms with E-state index in [1.807, 2.05) is 6.92 Å². The maximum absolute atomic E-state index is 12.5. The first-order chi connectivity index (χ1) is 8.75. The minimum atomic E-state index is -4.13. The third-order valence-electron chi connectivity index (χ3n) is 4.48. The summed E-state index contributed by atoms with van der Waals surface area (Å²) < 4.78 is 37.6. The molecule has 1 saturated heterocycles. The number of halogens is 3. The Bertz CT molecular complexity index is 342. The molecule has 2 rings (SSSR count). The summed E-state index contributed by atoms with van der Waals surface area (Å²) in [5.41, 5.74) is -0.779. The van der Waals surface area contributed by atoms with Crippen LogP contribution in [-0.4, -0.2) is 40.8 Å². The zero-order chi connectivity index (χ0) is 14.3. The van der Waals surface area contributed by atoms with Crippen LogP contribution in [0.4, 0.5) is 13.2 Å². The van der Waals surface area contributed by atoms with E-state index in [1.54, 1.807) is 4.90 Å². The fraction of sp³-hybridized carbons (Fsp3) is 0.923. The zero-order valence-electron chi connectivity index (χ0n) is 11.0. The van der Waals surface area contributed by atoms with Crippen LogP contribution in [0.25, 0.3) is 0 Å². The number of nitrogens with zero attached hydrogens (tertiary/aromatic N) is 1. The van der Waals surface area contributed by atoms with Crippen LogP contribution < -0.4 is 0 Å². The molecule has 0 unspecified atom stereocenters. The van der Waals surface area contributed by atoms with E-state index in [0.29, 0.717) is 32.4 Å². The topological polar surface area (TPSA) is 40.5 Å². The van der Waals surface area contributed by atoms with E-state index < -0.39 is 17.7 Å². The first-order valence-corrected chi connectivity index (χ1v) is 6.83. The Labute approximate surface area is 110 Å². The number of amides is 1. The number of likely N-dealkylation sites (tertiary alicyclic amines) is 1. The summed E-state index contributed by atoms with van der Waals surface area (Å²) >= 11 is 0. The number of hydrogen-bond donors (Lipinski definition) is 1. The van der Waals surface area contributed by atoms with E-state index in [1.165, 1.54) is 0 Å². The van der Waals surface area contributed by atoms with Gasteiger partial charge in [-0.15, -0.1) is 0 Å². The van der Waals surface area contributed by atoms with Crippen LogP contribution in [0, 0.1) is 11.8 Å². The Hall–Kier alpha value is -0.780. The van der Waals surface area contributed by atoms with Gasteiger partial charge in [-0.25, -0.2) is 0 Å². The number of carbonyl (C=O) groups is 1. The minimum absolute atomic E-state index is 0.0474. The highest BCUT2D eigenvalue weighted by Gasteiger charge is 2.46. The smallest absolute Gasteiger partial charge is 0.386 e. The van der Waals surface area contributed by atoms with Crippen molar-refractivity contribution in [3.8, 4) is 0 Å². The summed E-state index contributed by atoms with van der Waals surface area (Å²) in [4.78, 5) is 13.6. The van der Waals surface area contributed by atoms with Crippen molar-refractivity contribution >= 4 is 5.91 Å². The van der Waals surface area contributed by atoms with Gasteiger partial charge in [-0.1, -0.05) is 6.92 Å². The second-order valence-corrected chi connectivity index (χ2v) is 5.86. The predicted molar refractivity (Wildman–Crippen MR) is 63.3 cm³/mol.